The summed E-state index contributed by atoms with van der Waals surface area (Å²) in [5.74, 6) is -0.413. The number of benzene rings is 4. The van der Waals surface area contributed by atoms with Gasteiger partial charge in [0.15, 0.2) is 11.5 Å². The van der Waals surface area contributed by atoms with Gasteiger partial charge in [0.05, 0.1) is 11.1 Å². The highest BCUT2D eigenvalue weighted by Crippen LogP contribution is 2.46. The van der Waals surface area contributed by atoms with Gasteiger partial charge >= 0.3 is 11.9 Å². The molecule has 0 heterocycles. The molecule has 0 fully saturated rings. The SMILES string of the molecule is Cc1cc(C(C)C)c(-c2ccccc2)c(OC(=O)c2ccccc2)c1OC(=O)c1ccccc1. The van der Waals surface area contributed by atoms with Gasteiger partial charge in [0, 0.05) is 5.56 Å². The molecule has 0 bridgehead atoms. The van der Waals surface area contributed by atoms with Crippen LogP contribution >= 0.6 is 0 Å². The maximum absolute atomic E-state index is 13.1. The van der Waals surface area contributed by atoms with E-state index in [1.54, 1.807) is 48.5 Å². The van der Waals surface area contributed by atoms with Crippen LogP contribution in [0.5, 0.6) is 11.5 Å². The van der Waals surface area contributed by atoms with E-state index in [0.717, 1.165) is 16.7 Å². The average Bonchev–Trinajstić information content (AvgIpc) is 2.87. The Bertz CT molecular complexity index is 1290. The molecule has 0 aliphatic rings. The fourth-order valence-electron chi connectivity index (χ4n) is 3.83. The topological polar surface area (TPSA) is 52.6 Å². The van der Waals surface area contributed by atoms with Crippen LogP contribution in [0.25, 0.3) is 11.1 Å². The molecule has 4 heteroatoms. The molecule has 34 heavy (non-hydrogen) atoms. The Hall–Kier alpha value is -4.18. The van der Waals surface area contributed by atoms with Crippen LogP contribution in [0.2, 0.25) is 0 Å². The van der Waals surface area contributed by atoms with Crippen LogP contribution in [0, 0.1) is 6.92 Å². The molecule has 0 aliphatic heterocycles. The van der Waals surface area contributed by atoms with E-state index in [4.69, 9.17) is 9.47 Å². The second-order valence-electron chi connectivity index (χ2n) is 8.35. The molecule has 0 unspecified atom stereocenters. The number of ether oxygens (including phenoxy) is 2. The summed E-state index contributed by atoms with van der Waals surface area (Å²) >= 11 is 0. The first kappa shape index (κ1) is 23.0. The van der Waals surface area contributed by atoms with Gasteiger partial charge in [-0.25, -0.2) is 9.59 Å². The Morgan fingerprint density at radius 1 is 0.647 bits per heavy atom. The summed E-state index contributed by atoms with van der Waals surface area (Å²) in [5, 5.41) is 0. The molecule has 0 aliphatic carbocycles. The zero-order valence-corrected chi connectivity index (χ0v) is 19.4. The third-order valence-electron chi connectivity index (χ3n) is 5.55. The minimum atomic E-state index is -0.518. The Labute approximate surface area is 199 Å². The van der Waals surface area contributed by atoms with E-state index >= 15 is 0 Å². The van der Waals surface area contributed by atoms with Crippen molar-refractivity contribution in [2.45, 2.75) is 26.7 Å². The molecule has 0 amide bonds. The Kier molecular flexibility index (Phi) is 6.88. The first-order valence-electron chi connectivity index (χ1n) is 11.2. The van der Waals surface area contributed by atoms with Crippen molar-refractivity contribution in [1.82, 2.24) is 0 Å². The monoisotopic (exact) mass is 450 g/mol. The number of rotatable bonds is 6. The summed E-state index contributed by atoms with van der Waals surface area (Å²) in [6, 6.07) is 29.2. The van der Waals surface area contributed by atoms with Crippen molar-refractivity contribution in [3.63, 3.8) is 0 Å². The Balaban J connectivity index is 1.90. The van der Waals surface area contributed by atoms with Crippen LogP contribution in [0.15, 0.2) is 97.1 Å². The largest absolute Gasteiger partial charge is 0.419 e. The summed E-state index contributed by atoms with van der Waals surface area (Å²) < 4.78 is 11.9. The molecule has 4 aromatic rings. The summed E-state index contributed by atoms with van der Waals surface area (Å²) in [7, 11) is 0. The van der Waals surface area contributed by atoms with Crippen LogP contribution in [0.1, 0.15) is 51.6 Å². The molecule has 170 valence electrons. The van der Waals surface area contributed by atoms with Gasteiger partial charge in [-0.2, -0.15) is 0 Å². The zero-order valence-electron chi connectivity index (χ0n) is 19.4. The van der Waals surface area contributed by atoms with Crippen molar-refractivity contribution in [2.75, 3.05) is 0 Å². The summed E-state index contributed by atoms with van der Waals surface area (Å²) in [5.41, 5.74) is 4.15. The average molecular weight is 451 g/mol. The standard InChI is InChI=1S/C30H26O4/c1-20(2)25-19-21(3)27(33-29(31)23-15-9-5-10-16-23)28(26(25)22-13-7-4-8-14-22)34-30(32)24-17-11-6-12-18-24/h4-20H,1-3H3. The van der Waals surface area contributed by atoms with E-state index in [2.05, 4.69) is 13.8 Å². The first-order chi connectivity index (χ1) is 16.5. The second kappa shape index (κ2) is 10.2. The lowest BCUT2D eigenvalue weighted by Crippen LogP contribution is -2.15. The van der Waals surface area contributed by atoms with Crippen molar-refractivity contribution in [3.8, 4) is 22.6 Å². The molecular weight excluding hydrogens is 424 g/mol. The lowest BCUT2D eigenvalue weighted by atomic mass is 9.89. The summed E-state index contributed by atoms with van der Waals surface area (Å²) in [4.78, 5) is 26.1. The number of esters is 2. The number of hydrogen-bond acceptors (Lipinski definition) is 4. The third-order valence-corrected chi connectivity index (χ3v) is 5.55. The van der Waals surface area contributed by atoms with Crippen molar-refractivity contribution < 1.29 is 19.1 Å². The number of hydrogen-bond donors (Lipinski definition) is 0. The predicted octanol–water partition coefficient (Wildman–Crippen LogP) is 7.22. The van der Waals surface area contributed by atoms with E-state index in [-0.39, 0.29) is 17.4 Å². The molecule has 4 rings (SSSR count). The highest BCUT2D eigenvalue weighted by atomic mass is 16.6. The van der Waals surface area contributed by atoms with E-state index in [1.807, 2.05) is 55.5 Å². The minimum absolute atomic E-state index is 0.141. The fourth-order valence-corrected chi connectivity index (χ4v) is 3.83. The van der Waals surface area contributed by atoms with Crippen molar-refractivity contribution in [1.29, 1.82) is 0 Å². The molecule has 0 saturated carbocycles. The first-order valence-corrected chi connectivity index (χ1v) is 11.2. The molecule has 0 radical (unpaired) electrons. The minimum Gasteiger partial charge on any atom is -0.419 e. The van der Waals surface area contributed by atoms with Crippen molar-refractivity contribution in [3.05, 3.63) is 119 Å². The van der Waals surface area contributed by atoms with E-state index < -0.39 is 11.9 Å². The highest BCUT2D eigenvalue weighted by Gasteiger charge is 2.26. The van der Waals surface area contributed by atoms with Gasteiger partial charge in [-0.15, -0.1) is 0 Å². The summed E-state index contributed by atoms with van der Waals surface area (Å²) in [6.07, 6.45) is 0. The lowest BCUT2D eigenvalue weighted by Gasteiger charge is -2.22. The smallest absolute Gasteiger partial charge is 0.343 e. The van der Waals surface area contributed by atoms with Gasteiger partial charge in [-0.3, -0.25) is 0 Å². The number of carbonyl (C=O) groups is 2. The fraction of sp³-hybridized carbons (Fsp3) is 0.133. The molecule has 0 saturated heterocycles. The van der Waals surface area contributed by atoms with Gasteiger partial charge in [-0.1, -0.05) is 86.6 Å². The van der Waals surface area contributed by atoms with Crippen LogP contribution < -0.4 is 9.47 Å². The third kappa shape index (κ3) is 4.91. The van der Waals surface area contributed by atoms with Crippen LogP contribution in [-0.4, -0.2) is 11.9 Å². The van der Waals surface area contributed by atoms with Gasteiger partial charge in [0.2, 0.25) is 0 Å². The Morgan fingerprint density at radius 2 is 1.09 bits per heavy atom. The molecule has 4 nitrogen and oxygen atoms in total. The van der Waals surface area contributed by atoms with Crippen molar-refractivity contribution >= 4 is 11.9 Å². The van der Waals surface area contributed by atoms with Crippen LogP contribution in [0.4, 0.5) is 0 Å². The molecule has 0 atom stereocenters. The molecule has 0 spiro atoms. The Morgan fingerprint density at radius 3 is 1.56 bits per heavy atom. The second-order valence-corrected chi connectivity index (χ2v) is 8.35. The van der Waals surface area contributed by atoms with Gasteiger partial charge in [0.1, 0.15) is 0 Å². The highest BCUT2D eigenvalue weighted by molar-refractivity contribution is 5.95. The maximum atomic E-state index is 13.1. The maximum Gasteiger partial charge on any atom is 0.343 e. The number of carbonyl (C=O) groups excluding carboxylic acids is 2. The zero-order chi connectivity index (χ0) is 24.1. The lowest BCUT2D eigenvalue weighted by molar-refractivity contribution is 0.0682. The summed E-state index contributed by atoms with van der Waals surface area (Å²) in [6.45, 7) is 6.02. The molecule has 0 aromatic heterocycles. The van der Waals surface area contributed by atoms with Crippen LogP contribution in [-0.2, 0) is 0 Å². The molecule has 0 N–H and O–H groups in total. The normalized spacial score (nSPS) is 10.7. The van der Waals surface area contributed by atoms with Crippen molar-refractivity contribution in [2.24, 2.45) is 0 Å². The van der Waals surface area contributed by atoms with E-state index in [1.165, 1.54) is 0 Å². The number of aryl methyl sites for hydroxylation is 1. The van der Waals surface area contributed by atoms with E-state index in [0.29, 0.717) is 16.7 Å². The van der Waals surface area contributed by atoms with E-state index in [9.17, 15) is 9.59 Å². The van der Waals surface area contributed by atoms with Gasteiger partial charge < -0.3 is 9.47 Å². The predicted molar refractivity (Wildman–Crippen MR) is 134 cm³/mol. The van der Waals surface area contributed by atoms with Gasteiger partial charge in [-0.05, 0) is 53.8 Å². The molecule has 4 aromatic carbocycles. The van der Waals surface area contributed by atoms with Crippen LogP contribution in [0.3, 0.4) is 0 Å². The van der Waals surface area contributed by atoms with Gasteiger partial charge in [0.25, 0.3) is 0 Å². The molecular formula is C30H26O4. The quantitative estimate of drug-likeness (QED) is 0.230.